The number of hydrogen-bond acceptors (Lipinski definition) is 5. The topological polar surface area (TPSA) is 98.8 Å². The molecule has 2 atom stereocenters. The Balaban J connectivity index is 1.94. The number of allylic oxidation sites excluding steroid dienone is 1. The van der Waals surface area contributed by atoms with Gasteiger partial charge in [-0.1, -0.05) is 12.2 Å². The van der Waals surface area contributed by atoms with Crippen molar-refractivity contribution in [3.05, 3.63) is 18.5 Å². The molecule has 0 fully saturated rings. The molecule has 3 rings (SSSR count). The van der Waals surface area contributed by atoms with E-state index in [4.69, 9.17) is 5.73 Å². The van der Waals surface area contributed by atoms with E-state index in [-0.39, 0.29) is 41.6 Å². The first-order valence-corrected chi connectivity index (χ1v) is 6.83. The molecule has 0 unspecified atom stereocenters. The molecule has 0 bridgehead atoms. The molecule has 7 nitrogen and oxygen atoms in total. The second-order valence-electron chi connectivity index (χ2n) is 5.23. The number of aromatic nitrogens is 4. The Bertz CT molecular complexity index is 743. The molecule has 0 spiro atoms. The van der Waals surface area contributed by atoms with Gasteiger partial charge in [0.25, 0.3) is 0 Å². The van der Waals surface area contributed by atoms with Crippen LogP contribution in [0.15, 0.2) is 18.5 Å². The lowest BCUT2D eigenvalue weighted by Crippen LogP contribution is -2.20. The molecule has 0 aromatic carbocycles. The van der Waals surface area contributed by atoms with Crippen LogP contribution in [-0.2, 0) is 5.11 Å². The third-order valence-corrected chi connectivity index (χ3v) is 3.50. The van der Waals surface area contributed by atoms with Crippen LogP contribution in [0.4, 0.5) is 19.1 Å². The van der Waals surface area contributed by atoms with Crippen LogP contribution in [-0.4, -0.2) is 38.9 Å². The molecule has 2 N–H and O–H groups in total. The number of halogens is 3. The fraction of sp³-hybridized carbons (Fsp3) is 0.462. The zero-order valence-electron chi connectivity index (χ0n) is 11.8. The lowest BCUT2D eigenvalue weighted by molar-refractivity contribution is -0.153. The van der Waals surface area contributed by atoms with E-state index < -0.39 is 12.8 Å². The molecule has 1 radical (unpaired) electrons. The van der Waals surface area contributed by atoms with Crippen molar-refractivity contribution in [1.82, 2.24) is 19.5 Å². The quantitative estimate of drug-likeness (QED) is 0.864. The minimum absolute atomic E-state index is 0.0856. The highest BCUT2D eigenvalue weighted by molar-refractivity contribution is 5.77. The molecule has 23 heavy (non-hydrogen) atoms. The van der Waals surface area contributed by atoms with E-state index in [2.05, 4.69) is 19.7 Å². The number of rotatable bonds is 4. The van der Waals surface area contributed by atoms with Gasteiger partial charge in [-0.05, 0) is 6.42 Å². The van der Waals surface area contributed by atoms with Crippen molar-refractivity contribution < 1.29 is 23.0 Å². The molecule has 1 aliphatic carbocycles. The van der Waals surface area contributed by atoms with Crippen molar-refractivity contribution in [1.29, 1.82) is 0 Å². The second-order valence-corrected chi connectivity index (χ2v) is 5.23. The van der Waals surface area contributed by atoms with E-state index in [1.165, 1.54) is 6.33 Å². The number of ether oxygens (including phenoxy) is 1. The van der Waals surface area contributed by atoms with Crippen molar-refractivity contribution >= 4 is 17.1 Å². The largest absolute Gasteiger partial charge is 0.466 e. The minimum Gasteiger partial charge on any atom is -0.466 e. The highest BCUT2D eigenvalue weighted by Crippen LogP contribution is 2.32. The highest BCUT2D eigenvalue weighted by atomic mass is 19.4. The van der Waals surface area contributed by atoms with Gasteiger partial charge in [0, 0.05) is 5.92 Å². The predicted octanol–water partition coefficient (Wildman–Crippen LogP) is 1.90. The molecule has 0 amide bonds. The summed E-state index contributed by atoms with van der Waals surface area (Å²) in [4.78, 5) is 11.7. The smallest absolute Gasteiger partial charge is 0.422 e. The van der Waals surface area contributed by atoms with Gasteiger partial charge in [-0.25, -0.2) is 10.1 Å². The van der Waals surface area contributed by atoms with Crippen LogP contribution in [0, 0.1) is 5.92 Å². The van der Waals surface area contributed by atoms with Crippen LogP contribution in [0.3, 0.4) is 0 Å². The average molecular weight is 328 g/mol. The molecule has 0 saturated carbocycles. The molecule has 1 aliphatic rings. The summed E-state index contributed by atoms with van der Waals surface area (Å²) < 4.78 is 43.3. The summed E-state index contributed by atoms with van der Waals surface area (Å²) >= 11 is 0. The van der Waals surface area contributed by atoms with Gasteiger partial charge in [-0.2, -0.15) is 23.1 Å². The monoisotopic (exact) mass is 328 g/mol. The van der Waals surface area contributed by atoms with Crippen LogP contribution in [0.1, 0.15) is 12.5 Å². The Hall–Kier alpha value is -2.36. The van der Waals surface area contributed by atoms with Crippen LogP contribution in [0.2, 0.25) is 0 Å². The van der Waals surface area contributed by atoms with Gasteiger partial charge < -0.3 is 15.0 Å². The van der Waals surface area contributed by atoms with Crippen LogP contribution >= 0.6 is 0 Å². The first-order chi connectivity index (χ1) is 10.9. The molecular weight excluding hydrogens is 315 g/mol. The Morgan fingerprint density at radius 3 is 2.78 bits per heavy atom. The zero-order valence-corrected chi connectivity index (χ0v) is 11.8. The van der Waals surface area contributed by atoms with Crippen molar-refractivity contribution in [2.24, 2.45) is 5.92 Å². The van der Waals surface area contributed by atoms with Gasteiger partial charge in [-0.15, -0.1) is 0 Å². The molecule has 2 aromatic heterocycles. The number of hydrogen-bond donors (Lipinski definition) is 1. The van der Waals surface area contributed by atoms with Crippen molar-refractivity contribution in [3.8, 4) is 5.88 Å². The summed E-state index contributed by atoms with van der Waals surface area (Å²) in [6.45, 7) is -1.72. The van der Waals surface area contributed by atoms with E-state index >= 15 is 0 Å². The van der Waals surface area contributed by atoms with E-state index in [0.29, 0.717) is 6.42 Å². The zero-order chi connectivity index (χ0) is 16.6. The molecule has 0 aliphatic heterocycles. The SMILES string of the molecule is Nc1nc(OCC(F)(F)F)c2ncn([C@H]3C=C[C@@H](C[O])C3)c2n1. The van der Waals surface area contributed by atoms with Crippen molar-refractivity contribution in [2.75, 3.05) is 18.9 Å². The number of alkyl halides is 3. The number of anilines is 1. The first-order valence-electron chi connectivity index (χ1n) is 6.83. The minimum atomic E-state index is -4.50. The summed E-state index contributed by atoms with van der Waals surface area (Å²) in [6.07, 6.45) is 1.18. The molecule has 2 aromatic rings. The van der Waals surface area contributed by atoms with Crippen LogP contribution in [0.5, 0.6) is 5.88 Å². The lowest BCUT2D eigenvalue weighted by atomic mass is 10.1. The van der Waals surface area contributed by atoms with Crippen LogP contribution < -0.4 is 10.5 Å². The predicted molar refractivity (Wildman–Crippen MR) is 73.1 cm³/mol. The molecule has 0 saturated heterocycles. The maximum atomic E-state index is 12.3. The summed E-state index contributed by atoms with van der Waals surface area (Å²) in [5.41, 5.74) is 5.93. The van der Waals surface area contributed by atoms with Crippen LogP contribution in [0.25, 0.3) is 11.2 Å². The second kappa shape index (κ2) is 5.69. The van der Waals surface area contributed by atoms with Gasteiger partial charge in [-0.3, -0.25) is 0 Å². The van der Waals surface area contributed by atoms with Crippen molar-refractivity contribution in [3.63, 3.8) is 0 Å². The van der Waals surface area contributed by atoms with Crippen molar-refractivity contribution in [2.45, 2.75) is 18.6 Å². The molecule has 2 heterocycles. The Morgan fingerprint density at radius 2 is 2.13 bits per heavy atom. The molecular formula is C13H13F3N5O2. The average Bonchev–Trinajstić information content (AvgIpc) is 3.09. The number of fused-ring (bicyclic) bond motifs is 1. The Morgan fingerprint density at radius 1 is 1.35 bits per heavy atom. The fourth-order valence-corrected chi connectivity index (χ4v) is 2.48. The van der Waals surface area contributed by atoms with E-state index in [9.17, 15) is 18.3 Å². The standard InChI is InChI=1S/C13H13F3N5O2/c14-13(15,16)5-23-11-9-10(19-12(17)20-11)21(6-18-9)8-2-1-7(3-8)4-22/h1-2,6-8H,3-5H2,(H2,17,19,20)/t7-,8+/m1/s1. The third kappa shape index (κ3) is 3.21. The maximum absolute atomic E-state index is 12.3. The maximum Gasteiger partial charge on any atom is 0.422 e. The number of nitrogen functional groups attached to an aromatic ring is 1. The van der Waals surface area contributed by atoms with E-state index in [1.54, 1.807) is 4.57 Å². The van der Waals surface area contributed by atoms with Gasteiger partial charge in [0.1, 0.15) is 0 Å². The number of imidazole rings is 1. The Kier molecular flexibility index (Phi) is 3.84. The molecule has 123 valence electrons. The van der Waals surface area contributed by atoms with Gasteiger partial charge in [0.15, 0.2) is 17.8 Å². The van der Waals surface area contributed by atoms with Gasteiger partial charge in [0.2, 0.25) is 11.8 Å². The van der Waals surface area contributed by atoms with Gasteiger partial charge >= 0.3 is 6.18 Å². The molecule has 10 heteroatoms. The summed E-state index contributed by atoms with van der Waals surface area (Å²) in [6, 6.07) is -0.149. The normalized spacial score (nSPS) is 21.2. The Labute approximate surface area is 128 Å². The van der Waals surface area contributed by atoms with E-state index in [1.807, 2.05) is 12.2 Å². The summed E-state index contributed by atoms with van der Waals surface area (Å²) in [5, 5.41) is 10.9. The number of nitrogens with two attached hydrogens (primary N) is 1. The summed E-state index contributed by atoms with van der Waals surface area (Å²) in [7, 11) is 0. The fourth-order valence-electron chi connectivity index (χ4n) is 2.48. The third-order valence-electron chi connectivity index (χ3n) is 3.50. The van der Waals surface area contributed by atoms with Gasteiger partial charge in [0.05, 0.1) is 19.0 Å². The van der Waals surface area contributed by atoms with E-state index in [0.717, 1.165) is 0 Å². The lowest BCUT2D eigenvalue weighted by Gasteiger charge is -2.13. The highest BCUT2D eigenvalue weighted by Gasteiger charge is 2.30. The summed E-state index contributed by atoms with van der Waals surface area (Å²) in [5.74, 6) is -0.609. The first kappa shape index (κ1) is 15.5. The number of nitrogens with zero attached hydrogens (tertiary/aromatic N) is 4.